The predicted octanol–water partition coefficient (Wildman–Crippen LogP) is 15.4. The van der Waals surface area contributed by atoms with E-state index in [2.05, 4.69) is 209 Å². The first-order valence-electron chi connectivity index (χ1n) is 19.0. The molecule has 0 aromatic heterocycles. The number of rotatable bonds is 4. The van der Waals surface area contributed by atoms with Gasteiger partial charge in [-0.15, -0.1) is 0 Å². The van der Waals surface area contributed by atoms with Gasteiger partial charge >= 0.3 is 0 Å². The fourth-order valence-electron chi connectivity index (χ4n) is 8.61. The van der Waals surface area contributed by atoms with E-state index in [-0.39, 0.29) is 5.41 Å². The molecule has 10 aromatic rings. The molecule has 0 unspecified atom stereocenters. The third-order valence-electron chi connectivity index (χ3n) is 11.4. The highest BCUT2D eigenvalue weighted by Gasteiger charge is 2.21. The maximum absolute atomic E-state index is 2.46. The molecule has 0 saturated carbocycles. The second-order valence-electron chi connectivity index (χ2n) is 15.7. The minimum Gasteiger partial charge on any atom is -0.0616 e. The second-order valence-corrected chi connectivity index (χ2v) is 15.7. The summed E-state index contributed by atoms with van der Waals surface area (Å²) in [6, 6.07) is 69.9. The molecule has 256 valence electrons. The molecule has 0 nitrogen and oxygen atoms in total. The average molecular weight is 689 g/mol. The topological polar surface area (TPSA) is 0 Å². The Morgan fingerprint density at radius 3 is 1.56 bits per heavy atom. The lowest BCUT2D eigenvalue weighted by molar-refractivity contribution is 0.591. The summed E-state index contributed by atoms with van der Waals surface area (Å²) < 4.78 is 0. The van der Waals surface area contributed by atoms with Crippen LogP contribution in [-0.4, -0.2) is 0 Å². The van der Waals surface area contributed by atoms with Crippen LogP contribution >= 0.6 is 0 Å². The van der Waals surface area contributed by atoms with Crippen molar-refractivity contribution in [1.29, 1.82) is 0 Å². The van der Waals surface area contributed by atoms with Crippen molar-refractivity contribution in [2.45, 2.75) is 26.2 Å². The van der Waals surface area contributed by atoms with Crippen molar-refractivity contribution >= 4 is 53.9 Å². The molecule has 0 aliphatic rings. The summed E-state index contributed by atoms with van der Waals surface area (Å²) in [6.45, 7) is 6.93. The lowest BCUT2D eigenvalue weighted by atomic mass is 9.81. The monoisotopic (exact) mass is 688 g/mol. The van der Waals surface area contributed by atoms with Crippen LogP contribution in [0.25, 0.3) is 98.4 Å². The molecule has 0 spiro atoms. The lowest BCUT2D eigenvalue weighted by Crippen LogP contribution is -2.10. The average Bonchev–Trinajstić information content (AvgIpc) is 3.22. The molecule has 0 aliphatic heterocycles. The Morgan fingerprint density at radius 2 is 0.796 bits per heavy atom. The minimum absolute atomic E-state index is 0.00978. The van der Waals surface area contributed by atoms with E-state index >= 15 is 0 Å². The molecule has 0 radical (unpaired) electrons. The van der Waals surface area contributed by atoms with Gasteiger partial charge in [-0.2, -0.15) is 0 Å². The van der Waals surface area contributed by atoms with E-state index in [1.807, 2.05) is 0 Å². The molecule has 54 heavy (non-hydrogen) atoms. The summed E-state index contributed by atoms with van der Waals surface area (Å²) in [5.41, 5.74) is 11.3. The normalized spacial score (nSPS) is 12.0. The number of fused-ring (bicyclic) bond motifs is 6. The van der Waals surface area contributed by atoms with E-state index in [4.69, 9.17) is 0 Å². The first-order chi connectivity index (χ1) is 26.4. The standard InChI is InChI=1S/C54H40/c1-54(2,3)43-29-31-50-51(34-43)53(42-16-10-15-40(33-42)46-21-11-14-36-12-4-6-17-44(36)46)49-20-9-8-19-48(49)52(50)38-25-22-35(23-26-38)39-28-30-47-41(32-39)27-24-37-13-5-7-18-45(37)47/h4-34H,1-3H3. The minimum atomic E-state index is 0.00978. The Bertz CT molecular complexity index is 3060. The van der Waals surface area contributed by atoms with Gasteiger partial charge in [0.1, 0.15) is 0 Å². The second kappa shape index (κ2) is 12.6. The largest absolute Gasteiger partial charge is 0.0616 e. The van der Waals surface area contributed by atoms with Gasteiger partial charge in [-0.3, -0.25) is 0 Å². The first-order valence-corrected chi connectivity index (χ1v) is 19.0. The van der Waals surface area contributed by atoms with Crippen LogP contribution in [0.4, 0.5) is 0 Å². The zero-order valence-corrected chi connectivity index (χ0v) is 30.9. The molecule has 0 bridgehead atoms. The van der Waals surface area contributed by atoms with Crippen LogP contribution in [0.2, 0.25) is 0 Å². The zero-order valence-electron chi connectivity index (χ0n) is 30.9. The summed E-state index contributed by atoms with van der Waals surface area (Å²) in [4.78, 5) is 0. The van der Waals surface area contributed by atoms with Crippen molar-refractivity contribution in [3.05, 3.63) is 194 Å². The summed E-state index contributed by atoms with van der Waals surface area (Å²) in [7, 11) is 0. The molecule has 10 rings (SSSR count). The lowest BCUT2D eigenvalue weighted by Gasteiger charge is -2.23. The van der Waals surface area contributed by atoms with Crippen LogP contribution in [0.15, 0.2) is 188 Å². The highest BCUT2D eigenvalue weighted by Crippen LogP contribution is 2.46. The number of hydrogen-bond donors (Lipinski definition) is 0. The Labute approximate surface area is 317 Å². The molecule has 0 saturated heterocycles. The van der Waals surface area contributed by atoms with E-state index in [1.54, 1.807) is 0 Å². The molecule has 0 amide bonds. The third kappa shape index (κ3) is 5.37. The highest BCUT2D eigenvalue weighted by atomic mass is 14.2. The van der Waals surface area contributed by atoms with Crippen molar-refractivity contribution in [3.8, 4) is 44.5 Å². The smallest absolute Gasteiger partial charge is 0.00261 e. The van der Waals surface area contributed by atoms with E-state index in [0.29, 0.717) is 0 Å². The molecule has 0 heterocycles. The van der Waals surface area contributed by atoms with Gasteiger partial charge < -0.3 is 0 Å². The molecule has 10 aromatic carbocycles. The fourth-order valence-corrected chi connectivity index (χ4v) is 8.61. The summed E-state index contributed by atoms with van der Waals surface area (Å²) in [5, 5.41) is 12.8. The van der Waals surface area contributed by atoms with Crippen LogP contribution in [0.1, 0.15) is 26.3 Å². The Hall–Kier alpha value is -6.50. The van der Waals surface area contributed by atoms with Crippen molar-refractivity contribution in [2.24, 2.45) is 0 Å². The van der Waals surface area contributed by atoms with Crippen molar-refractivity contribution < 1.29 is 0 Å². The predicted molar refractivity (Wildman–Crippen MR) is 234 cm³/mol. The van der Waals surface area contributed by atoms with Gasteiger partial charge in [-0.05, 0) is 128 Å². The van der Waals surface area contributed by atoms with E-state index in [9.17, 15) is 0 Å². The van der Waals surface area contributed by atoms with E-state index in [0.717, 1.165) is 0 Å². The third-order valence-corrected chi connectivity index (χ3v) is 11.4. The van der Waals surface area contributed by atoms with Crippen molar-refractivity contribution in [3.63, 3.8) is 0 Å². The summed E-state index contributed by atoms with van der Waals surface area (Å²) in [5.74, 6) is 0. The van der Waals surface area contributed by atoms with Gasteiger partial charge in [-0.25, -0.2) is 0 Å². The number of benzene rings is 10. The van der Waals surface area contributed by atoms with Gasteiger partial charge in [0.25, 0.3) is 0 Å². The Kier molecular flexibility index (Phi) is 7.49. The quantitative estimate of drug-likeness (QED) is 0.128. The SMILES string of the molecule is CC(C)(C)c1ccc2c(-c3ccc(-c4ccc5c(ccc6ccccc65)c4)cc3)c3ccccc3c(-c3cccc(-c4cccc5ccccc45)c3)c2c1. The molecule has 0 heteroatoms. The van der Waals surface area contributed by atoms with E-state index < -0.39 is 0 Å². The first kappa shape index (κ1) is 32.2. The van der Waals surface area contributed by atoms with Gasteiger partial charge in [0.05, 0.1) is 0 Å². The van der Waals surface area contributed by atoms with Crippen LogP contribution in [0.3, 0.4) is 0 Å². The summed E-state index contributed by atoms with van der Waals surface area (Å²) in [6.07, 6.45) is 0. The van der Waals surface area contributed by atoms with Gasteiger partial charge in [0, 0.05) is 0 Å². The fraction of sp³-hybridized carbons (Fsp3) is 0.0741. The number of hydrogen-bond acceptors (Lipinski definition) is 0. The maximum Gasteiger partial charge on any atom is -0.00261 e. The maximum atomic E-state index is 2.46. The Morgan fingerprint density at radius 1 is 0.278 bits per heavy atom. The van der Waals surface area contributed by atoms with Gasteiger partial charge in [0.15, 0.2) is 0 Å². The van der Waals surface area contributed by atoms with E-state index in [1.165, 1.54) is 104 Å². The van der Waals surface area contributed by atoms with Gasteiger partial charge in [-0.1, -0.05) is 191 Å². The molecular formula is C54H40. The Balaban J connectivity index is 1.16. The van der Waals surface area contributed by atoms with Crippen molar-refractivity contribution in [1.82, 2.24) is 0 Å². The molecular weight excluding hydrogens is 649 g/mol. The van der Waals surface area contributed by atoms with Gasteiger partial charge in [0.2, 0.25) is 0 Å². The van der Waals surface area contributed by atoms with Crippen LogP contribution in [0, 0.1) is 0 Å². The molecule has 0 aliphatic carbocycles. The van der Waals surface area contributed by atoms with Crippen LogP contribution in [-0.2, 0) is 5.41 Å². The molecule has 0 N–H and O–H groups in total. The highest BCUT2D eigenvalue weighted by molar-refractivity contribution is 6.22. The van der Waals surface area contributed by atoms with Crippen molar-refractivity contribution in [2.75, 3.05) is 0 Å². The molecule has 0 fully saturated rings. The van der Waals surface area contributed by atoms with Crippen LogP contribution in [0.5, 0.6) is 0 Å². The summed E-state index contributed by atoms with van der Waals surface area (Å²) >= 11 is 0. The zero-order chi connectivity index (χ0) is 36.4. The van der Waals surface area contributed by atoms with Crippen LogP contribution < -0.4 is 0 Å². The molecule has 0 atom stereocenters.